The van der Waals surface area contributed by atoms with E-state index < -0.39 is 5.91 Å². The third kappa shape index (κ3) is 5.47. The molecule has 2 aromatic carbocycles. The Bertz CT molecular complexity index is 1090. The minimum absolute atomic E-state index is 0.146. The normalized spacial score (nSPS) is 11.2. The van der Waals surface area contributed by atoms with Crippen LogP contribution in [0.3, 0.4) is 0 Å². The number of furan rings is 1. The summed E-state index contributed by atoms with van der Waals surface area (Å²) in [5.41, 5.74) is 4.70. The van der Waals surface area contributed by atoms with E-state index in [4.69, 9.17) is 27.6 Å². The zero-order chi connectivity index (χ0) is 21.0. The molecule has 0 aliphatic heterocycles. The largest absolute Gasteiger partial charge is 0.444 e. The number of hydrogen-bond acceptors (Lipinski definition) is 4. The number of rotatable bonds is 5. The number of nitrogens with one attached hydrogen (secondary N) is 2. The first-order valence-corrected chi connectivity index (χ1v) is 9.85. The average molecular weight is 495 g/mol. The first kappa shape index (κ1) is 21.1. The van der Waals surface area contributed by atoms with Crippen LogP contribution >= 0.6 is 39.1 Å². The van der Waals surface area contributed by atoms with Crippen LogP contribution in [0.25, 0.3) is 0 Å². The SMILES string of the molecule is C/C(=N/NC(=O)c1ccc(Br)o1)c1ccc(NC(=O)c2ccc(Cl)cc2Cl)cc1. The van der Waals surface area contributed by atoms with Gasteiger partial charge in [0.2, 0.25) is 0 Å². The van der Waals surface area contributed by atoms with Crippen LogP contribution in [0.5, 0.6) is 0 Å². The van der Waals surface area contributed by atoms with Gasteiger partial charge in [0.15, 0.2) is 10.4 Å². The molecule has 1 heterocycles. The molecule has 1 aromatic heterocycles. The standard InChI is InChI=1S/C20H14BrCl2N3O3/c1-11(25-26-20(28)17-8-9-18(21)29-17)12-2-5-14(6-3-12)24-19(27)15-7-4-13(22)10-16(15)23/h2-10H,1H3,(H,24,27)(H,26,28)/b25-11-. The van der Waals surface area contributed by atoms with Crippen LogP contribution in [0.15, 0.2) is 68.8 Å². The predicted molar refractivity (Wildman–Crippen MR) is 117 cm³/mol. The van der Waals surface area contributed by atoms with Gasteiger partial charge in [0.1, 0.15) is 0 Å². The van der Waals surface area contributed by atoms with Gasteiger partial charge in [0, 0.05) is 10.7 Å². The van der Waals surface area contributed by atoms with Crippen molar-refractivity contribution in [3.05, 3.63) is 86.2 Å². The van der Waals surface area contributed by atoms with Gasteiger partial charge >= 0.3 is 5.91 Å². The number of hydrazone groups is 1. The summed E-state index contributed by atoms with van der Waals surface area (Å²) >= 11 is 15.0. The van der Waals surface area contributed by atoms with Gasteiger partial charge in [0.05, 0.1) is 16.3 Å². The maximum Gasteiger partial charge on any atom is 0.307 e. The number of carbonyl (C=O) groups excluding carboxylic acids is 2. The highest BCUT2D eigenvalue weighted by Gasteiger charge is 2.12. The van der Waals surface area contributed by atoms with Crippen LogP contribution in [0.2, 0.25) is 10.0 Å². The molecular weight excluding hydrogens is 481 g/mol. The minimum Gasteiger partial charge on any atom is -0.444 e. The molecule has 29 heavy (non-hydrogen) atoms. The highest BCUT2D eigenvalue weighted by atomic mass is 79.9. The van der Waals surface area contributed by atoms with Gasteiger partial charge in [-0.3, -0.25) is 9.59 Å². The Morgan fingerprint density at radius 1 is 1.00 bits per heavy atom. The zero-order valence-corrected chi connectivity index (χ0v) is 18.1. The van der Waals surface area contributed by atoms with E-state index in [1.54, 1.807) is 49.4 Å². The number of hydrogen-bond donors (Lipinski definition) is 2. The third-order valence-corrected chi connectivity index (χ3v) is 4.83. The van der Waals surface area contributed by atoms with Crippen LogP contribution in [0, 0.1) is 0 Å². The molecule has 0 aliphatic carbocycles. The topological polar surface area (TPSA) is 83.7 Å². The molecule has 2 amide bonds. The van der Waals surface area contributed by atoms with E-state index in [0.717, 1.165) is 5.56 Å². The van der Waals surface area contributed by atoms with Crippen molar-refractivity contribution >= 4 is 62.3 Å². The zero-order valence-electron chi connectivity index (χ0n) is 15.0. The number of anilines is 1. The summed E-state index contributed by atoms with van der Waals surface area (Å²) < 4.78 is 5.62. The number of amides is 2. The monoisotopic (exact) mass is 493 g/mol. The molecule has 0 radical (unpaired) electrons. The molecule has 9 heteroatoms. The summed E-state index contributed by atoms with van der Waals surface area (Å²) in [6, 6.07) is 14.8. The lowest BCUT2D eigenvalue weighted by molar-refractivity contribution is 0.0925. The van der Waals surface area contributed by atoms with E-state index >= 15 is 0 Å². The Morgan fingerprint density at radius 2 is 1.72 bits per heavy atom. The lowest BCUT2D eigenvalue weighted by Crippen LogP contribution is -2.18. The van der Waals surface area contributed by atoms with Gasteiger partial charge in [0.25, 0.3) is 5.91 Å². The molecule has 3 rings (SSSR count). The molecule has 0 spiro atoms. The van der Waals surface area contributed by atoms with Gasteiger partial charge in [-0.1, -0.05) is 35.3 Å². The van der Waals surface area contributed by atoms with E-state index in [1.165, 1.54) is 12.1 Å². The molecular formula is C20H14BrCl2N3O3. The van der Waals surface area contributed by atoms with Crippen molar-refractivity contribution in [2.45, 2.75) is 6.92 Å². The summed E-state index contributed by atoms with van der Waals surface area (Å²) in [6.45, 7) is 1.75. The third-order valence-electron chi connectivity index (χ3n) is 3.86. The molecule has 3 aromatic rings. The molecule has 0 saturated carbocycles. The van der Waals surface area contributed by atoms with Crippen molar-refractivity contribution in [1.29, 1.82) is 0 Å². The summed E-state index contributed by atoms with van der Waals surface area (Å²) in [5.74, 6) is -0.659. The first-order valence-electron chi connectivity index (χ1n) is 8.30. The summed E-state index contributed by atoms with van der Waals surface area (Å²) in [6.07, 6.45) is 0. The Labute approximate surface area is 185 Å². The lowest BCUT2D eigenvalue weighted by Gasteiger charge is -2.08. The second-order valence-electron chi connectivity index (χ2n) is 5.90. The molecule has 6 nitrogen and oxygen atoms in total. The maximum absolute atomic E-state index is 12.4. The van der Waals surface area contributed by atoms with Crippen LogP contribution in [0.4, 0.5) is 5.69 Å². The van der Waals surface area contributed by atoms with Crippen LogP contribution < -0.4 is 10.7 Å². The number of nitrogens with zero attached hydrogens (tertiary/aromatic N) is 1. The highest BCUT2D eigenvalue weighted by molar-refractivity contribution is 9.10. The molecule has 0 atom stereocenters. The second kappa shape index (κ2) is 9.26. The Morgan fingerprint density at radius 3 is 2.34 bits per heavy atom. The summed E-state index contributed by atoms with van der Waals surface area (Å²) in [7, 11) is 0. The van der Waals surface area contributed by atoms with Crippen molar-refractivity contribution in [2.24, 2.45) is 5.10 Å². The Balaban J connectivity index is 1.64. The molecule has 2 N–H and O–H groups in total. The van der Waals surface area contributed by atoms with E-state index in [9.17, 15) is 9.59 Å². The van der Waals surface area contributed by atoms with Gasteiger partial charge in [-0.25, -0.2) is 5.43 Å². The second-order valence-corrected chi connectivity index (χ2v) is 7.52. The molecule has 0 fully saturated rings. The van der Waals surface area contributed by atoms with Gasteiger partial charge < -0.3 is 9.73 Å². The fraction of sp³-hybridized carbons (Fsp3) is 0.0500. The number of benzene rings is 2. The number of carbonyl (C=O) groups is 2. The van der Waals surface area contributed by atoms with E-state index in [2.05, 4.69) is 31.8 Å². The Hall–Kier alpha value is -2.61. The minimum atomic E-state index is -0.459. The quantitative estimate of drug-likeness (QED) is 0.349. The van der Waals surface area contributed by atoms with Gasteiger partial charge in [-0.2, -0.15) is 5.10 Å². The average Bonchev–Trinajstić information content (AvgIpc) is 3.12. The van der Waals surface area contributed by atoms with Crippen molar-refractivity contribution in [2.75, 3.05) is 5.32 Å². The lowest BCUT2D eigenvalue weighted by atomic mass is 10.1. The fourth-order valence-corrected chi connectivity index (χ4v) is 3.16. The van der Waals surface area contributed by atoms with E-state index in [1.807, 2.05) is 0 Å². The number of halogens is 3. The molecule has 0 unspecified atom stereocenters. The molecule has 148 valence electrons. The molecule has 0 saturated heterocycles. The van der Waals surface area contributed by atoms with Gasteiger partial charge in [-0.15, -0.1) is 0 Å². The van der Waals surface area contributed by atoms with Crippen LogP contribution in [-0.2, 0) is 0 Å². The van der Waals surface area contributed by atoms with E-state index in [0.29, 0.717) is 26.7 Å². The van der Waals surface area contributed by atoms with Crippen molar-refractivity contribution in [1.82, 2.24) is 5.43 Å². The summed E-state index contributed by atoms with van der Waals surface area (Å²) in [5, 5.41) is 7.56. The highest BCUT2D eigenvalue weighted by Crippen LogP contribution is 2.22. The smallest absolute Gasteiger partial charge is 0.307 e. The van der Waals surface area contributed by atoms with Crippen molar-refractivity contribution < 1.29 is 14.0 Å². The first-order chi connectivity index (χ1) is 13.8. The van der Waals surface area contributed by atoms with E-state index in [-0.39, 0.29) is 16.7 Å². The fourth-order valence-electron chi connectivity index (χ4n) is 2.36. The predicted octanol–water partition coefficient (Wildman–Crippen LogP) is 5.76. The van der Waals surface area contributed by atoms with Gasteiger partial charge in [-0.05, 0) is 70.9 Å². The maximum atomic E-state index is 12.4. The summed E-state index contributed by atoms with van der Waals surface area (Å²) in [4.78, 5) is 24.3. The molecule has 0 aliphatic rings. The molecule has 0 bridgehead atoms. The van der Waals surface area contributed by atoms with Crippen molar-refractivity contribution in [3.8, 4) is 0 Å². The van der Waals surface area contributed by atoms with Crippen LogP contribution in [-0.4, -0.2) is 17.5 Å². The van der Waals surface area contributed by atoms with Crippen LogP contribution in [0.1, 0.15) is 33.4 Å². The van der Waals surface area contributed by atoms with Crippen molar-refractivity contribution in [3.63, 3.8) is 0 Å². The Kier molecular flexibility index (Phi) is 6.74.